The second-order valence-electron chi connectivity index (χ2n) is 10.9. The lowest BCUT2D eigenvalue weighted by atomic mass is 9.92. The Balaban J connectivity index is 0.00000118. The zero-order valence-electron chi connectivity index (χ0n) is 24.1. The second kappa shape index (κ2) is 14.3. The summed E-state index contributed by atoms with van der Waals surface area (Å²) in [5.41, 5.74) is 6.82. The van der Waals surface area contributed by atoms with Crippen LogP contribution in [0.2, 0.25) is 0 Å². The molecule has 5 rings (SSSR count). The average Bonchev–Trinajstić information content (AvgIpc) is 3.74. The number of carbonyl (C=O) groups excluding carboxylic acids is 1. The largest absolute Gasteiger partial charge is 0.496 e. The van der Waals surface area contributed by atoms with E-state index in [1.54, 1.807) is 11.8 Å². The van der Waals surface area contributed by atoms with Crippen molar-refractivity contribution in [3.05, 3.63) is 75.8 Å². The van der Waals surface area contributed by atoms with E-state index in [0.29, 0.717) is 18.2 Å². The maximum Gasteiger partial charge on any atom is 0.290 e. The highest BCUT2D eigenvalue weighted by Gasteiger charge is 2.28. The number of carbonyl (C=O) groups is 2. The van der Waals surface area contributed by atoms with Gasteiger partial charge in [-0.1, -0.05) is 30.3 Å². The first-order valence-electron chi connectivity index (χ1n) is 14.3. The highest BCUT2D eigenvalue weighted by atomic mass is 16.5. The standard InChI is InChI=1S/C30H41N5O2.CH2O2/c1-33-15-17-35(18-16-33)21-23-9-7-22(8-10-23)11-12-25-5-4-6-26(29(25)37-3)20-31-30(36)28-19-27(24-13-14-24)32-34(28)2;2-1-3/h6-10,19,24H,4-5,11-18,20-21H2,1-3H3,(H,31,36);1H,(H,2,3). The van der Waals surface area contributed by atoms with Crippen molar-refractivity contribution in [3.8, 4) is 0 Å². The van der Waals surface area contributed by atoms with Crippen molar-refractivity contribution in [2.75, 3.05) is 46.9 Å². The van der Waals surface area contributed by atoms with Crippen LogP contribution < -0.4 is 5.32 Å². The number of hydrogen-bond donors (Lipinski definition) is 2. The Morgan fingerprint density at radius 1 is 1.10 bits per heavy atom. The summed E-state index contributed by atoms with van der Waals surface area (Å²) in [6, 6.07) is 11.1. The van der Waals surface area contributed by atoms with E-state index in [1.165, 1.54) is 29.5 Å². The van der Waals surface area contributed by atoms with E-state index in [1.807, 2.05) is 13.1 Å². The smallest absolute Gasteiger partial charge is 0.290 e. The fourth-order valence-corrected chi connectivity index (χ4v) is 5.44. The number of amides is 1. The molecule has 2 heterocycles. The Morgan fingerprint density at radius 2 is 1.77 bits per heavy atom. The molecule has 3 aliphatic rings. The van der Waals surface area contributed by atoms with Crippen LogP contribution in [0.25, 0.3) is 0 Å². The van der Waals surface area contributed by atoms with E-state index in [2.05, 4.69) is 57.6 Å². The molecule has 216 valence electrons. The van der Waals surface area contributed by atoms with Crippen LogP contribution in [-0.4, -0.2) is 83.9 Å². The molecule has 0 spiro atoms. The van der Waals surface area contributed by atoms with Gasteiger partial charge in [0.2, 0.25) is 0 Å². The van der Waals surface area contributed by atoms with Crippen molar-refractivity contribution in [2.45, 2.75) is 51.0 Å². The Bertz CT molecular complexity index is 1200. The number of aryl methyl sites for hydroxylation is 2. The first-order valence-corrected chi connectivity index (χ1v) is 14.3. The molecule has 2 N–H and O–H groups in total. The minimum Gasteiger partial charge on any atom is -0.496 e. The van der Waals surface area contributed by atoms with Gasteiger partial charge in [0, 0.05) is 57.8 Å². The van der Waals surface area contributed by atoms with Crippen LogP contribution in [0.1, 0.15) is 65.3 Å². The number of likely N-dealkylation sites (N-methyl/N-ethyl adjacent to an activating group) is 1. The quantitative estimate of drug-likeness (QED) is 0.436. The predicted octanol–water partition coefficient (Wildman–Crippen LogP) is 3.73. The van der Waals surface area contributed by atoms with Crippen LogP contribution in [0.3, 0.4) is 0 Å². The van der Waals surface area contributed by atoms with E-state index in [-0.39, 0.29) is 12.4 Å². The molecule has 0 atom stereocenters. The first kappa shape index (κ1) is 29.6. The molecule has 1 amide bonds. The molecule has 1 saturated carbocycles. The molecule has 0 unspecified atom stereocenters. The summed E-state index contributed by atoms with van der Waals surface area (Å²) < 4.78 is 7.56. The van der Waals surface area contributed by atoms with Gasteiger partial charge in [0.25, 0.3) is 12.4 Å². The summed E-state index contributed by atoms with van der Waals surface area (Å²) in [6.07, 6.45) is 8.51. The van der Waals surface area contributed by atoms with Gasteiger partial charge in [-0.05, 0) is 68.3 Å². The predicted molar refractivity (Wildman–Crippen MR) is 155 cm³/mol. The number of carboxylic acid groups (broad SMARTS) is 1. The summed E-state index contributed by atoms with van der Waals surface area (Å²) in [7, 11) is 5.79. The third kappa shape index (κ3) is 8.05. The Labute approximate surface area is 237 Å². The second-order valence-corrected chi connectivity index (χ2v) is 10.9. The average molecular weight is 550 g/mol. The molecule has 2 aromatic rings. The van der Waals surface area contributed by atoms with Gasteiger partial charge in [0.15, 0.2) is 0 Å². The number of benzene rings is 1. The molecule has 1 saturated heterocycles. The van der Waals surface area contributed by atoms with E-state index in [9.17, 15) is 4.79 Å². The van der Waals surface area contributed by atoms with Crippen LogP contribution in [0.4, 0.5) is 0 Å². The number of rotatable bonds is 10. The number of piperazine rings is 1. The summed E-state index contributed by atoms with van der Waals surface area (Å²) >= 11 is 0. The monoisotopic (exact) mass is 549 g/mol. The van der Waals surface area contributed by atoms with Gasteiger partial charge in [-0.25, -0.2) is 0 Å². The zero-order chi connectivity index (χ0) is 28.5. The molecule has 2 aliphatic carbocycles. The van der Waals surface area contributed by atoms with E-state index in [4.69, 9.17) is 14.6 Å². The van der Waals surface area contributed by atoms with Crippen LogP contribution >= 0.6 is 0 Å². The molecular formula is C31H43N5O4. The summed E-state index contributed by atoms with van der Waals surface area (Å²) in [4.78, 5) is 26.2. The molecule has 0 bridgehead atoms. The van der Waals surface area contributed by atoms with Crippen molar-refractivity contribution in [1.29, 1.82) is 0 Å². The Kier molecular flexibility index (Phi) is 10.5. The molecular weight excluding hydrogens is 506 g/mol. The van der Waals surface area contributed by atoms with Crippen LogP contribution in [-0.2, 0) is 29.5 Å². The van der Waals surface area contributed by atoms with Gasteiger partial charge in [0.05, 0.1) is 12.8 Å². The van der Waals surface area contributed by atoms with Crippen molar-refractivity contribution in [2.24, 2.45) is 7.05 Å². The third-order valence-corrected chi connectivity index (χ3v) is 7.96. The molecule has 9 nitrogen and oxygen atoms in total. The number of methoxy groups -OCH3 is 1. The lowest BCUT2D eigenvalue weighted by molar-refractivity contribution is -0.122. The molecule has 1 aromatic heterocycles. The van der Waals surface area contributed by atoms with Gasteiger partial charge >= 0.3 is 0 Å². The van der Waals surface area contributed by atoms with Gasteiger partial charge in [-0.15, -0.1) is 0 Å². The van der Waals surface area contributed by atoms with Crippen LogP contribution in [0, 0.1) is 0 Å². The summed E-state index contributed by atoms with van der Waals surface area (Å²) in [6.45, 7) is 5.85. The fourth-order valence-electron chi connectivity index (χ4n) is 5.44. The maximum absolute atomic E-state index is 12.9. The van der Waals surface area contributed by atoms with Crippen LogP contribution in [0.15, 0.2) is 53.3 Å². The zero-order valence-corrected chi connectivity index (χ0v) is 24.1. The Hall–Kier alpha value is -3.43. The van der Waals surface area contributed by atoms with E-state index >= 15 is 0 Å². The summed E-state index contributed by atoms with van der Waals surface area (Å²) in [5, 5.41) is 14.5. The van der Waals surface area contributed by atoms with E-state index < -0.39 is 0 Å². The number of nitrogens with one attached hydrogen (secondary N) is 1. The lowest BCUT2D eigenvalue weighted by Gasteiger charge is -2.32. The van der Waals surface area contributed by atoms with Gasteiger partial charge in [-0.3, -0.25) is 19.2 Å². The maximum atomic E-state index is 12.9. The first-order chi connectivity index (χ1) is 19.4. The van der Waals surface area contributed by atoms with Gasteiger partial charge < -0.3 is 20.1 Å². The van der Waals surface area contributed by atoms with Crippen molar-refractivity contribution >= 4 is 12.4 Å². The van der Waals surface area contributed by atoms with Crippen LogP contribution in [0.5, 0.6) is 0 Å². The van der Waals surface area contributed by atoms with Gasteiger partial charge in [0.1, 0.15) is 11.5 Å². The molecule has 2 fully saturated rings. The number of ether oxygens (including phenoxy) is 1. The van der Waals surface area contributed by atoms with Crippen molar-refractivity contribution in [1.82, 2.24) is 24.9 Å². The topological polar surface area (TPSA) is 99.9 Å². The molecule has 1 aliphatic heterocycles. The fraction of sp³-hybridized carbons (Fsp3) is 0.516. The molecule has 9 heteroatoms. The number of aromatic nitrogens is 2. The molecule has 1 aromatic carbocycles. The normalized spacial score (nSPS) is 18.0. The number of nitrogens with zero attached hydrogens (tertiary/aromatic N) is 4. The Morgan fingerprint density at radius 3 is 2.42 bits per heavy atom. The highest BCUT2D eigenvalue weighted by molar-refractivity contribution is 5.92. The number of hydrogen-bond acceptors (Lipinski definition) is 6. The summed E-state index contributed by atoms with van der Waals surface area (Å²) in [5.74, 6) is 1.40. The minimum atomic E-state index is -0.250. The highest BCUT2D eigenvalue weighted by Crippen LogP contribution is 2.39. The van der Waals surface area contributed by atoms with E-state index in [0.717, 1.165) is 75.4 Å². The number of allylic oxidation sites excluding steroid dienone is 2. The lowest BCUT2D eigenvalue weighted by Crippen LogP contribution is -2.43. The van der Waals surface area contributed by atoms with Crippen molar-refractivity contribution < 1.29 is 19.4 Å². The van der Waals surface area contributed by atoms with Gasteiger partial charge in [-0.2, -0.15) is 5.10 Å². The minimum absolute atomic E-state index is 0.0814. The molecule has 40 heavy (non-hydrogen) atoms. The third-order valence-electron chi connectivity index (χ3n) is 7.96. The van der Waals surface area contributed by atoms with Crippen molar-refractivity contribution in [3.63, 3.8) is 0 Å². The SMILES string of the molecule is COC1=C(CCc2ccc(CN3CCN(C)CC3)cc2)CCC=C1CNC(=O)c1cc(C2CC2)nn1C.O=CO. The molecule has 0 radical (unpaired) electrons.